The highest BCUT2D eigenvalue weighted by Gasteiger charge is 2.63. The van der Waals surface area contributed by atoms with Crippen molar-refractivity contribution in [2.24, 2.45) is 5.41 Å². The van der Waals surface area contributed by atoms with Crippen LogP contribution >= 0.6 is 0 Å². The lowest BCUT2D eigenvalue weighted by Gasteiger charge is -2.30. The fraction of sp³-hybridized carbons (Fsp3) is 0.280. The molecule has 1 aliphatic rings. The van der Waals surface area contributed by atoms with Crippen LogP contribution in [0.1, 0.15) is 28.3 Å². The van der Waals surface area contributed by atoms with Crippen molar-refractivity contribution in [3.63, 3.8) is 0 Å². The predicted molar refractivity (Wildman–Crippen MR) is 120 cm³/mol. The monoisotopic (exact) mass is 487 g/mol. The minimum atomic E-state index is -4.79. The number of nitrogens with one attached hydrogen (secondary N) is 2. The smallest absolute Gasteiger partial charge is 0.404 e. The highest BCUT2D eigenvalue weighted by molar-refractivity contribution is 5.94. The van der Waals surface area contributed by atoms with E-state index < -0.39 is 36.4 Å². The van der Waals surface area contributed by atoms with Gasteiger partial charge in [0.1, 0.15) is 18.1 Å². The molecule has 2 heterocycles. The van der Waals surface area contributed by atoms with Gasteiger partial charge in [0.2, 0.25) is 0 Å². The van der Waals surface area contributed by atoms with Crippen molar-refractivity contribution in [1.82, 2.24) is 15.8 Å². The number of hydrazine groups is 1. The highest BCUT2D eigenvalue weighted by Crippen LogP contribution is 2.46. The molecule has 7 nitrogen and oxygen atoms in total. The van der Waals surface area contributed by atoms with Crippen LogP contribution < -0.4 is 15.6 Å². The molecule has 2 amide bonds. The molecule has 1 aliphatic heterocycles. The van der Waals surface area contributed by atoms with Crippen LogP contribution in [-0.4, -0.2) is 36.0 Å². The number of hydrogen-bond donors (Lipinski definition) is 2. The van der Waals surface area contributed by atoms with Crippen molar-refractivity contribution in [1.29, 1.82) is 0 Å². The van der Waals surface area contributed by atoms with Crippen LogP contribution in [0.2, 0.25) is 0 Å². The number of carbonyl (C=O) groups is 2. The van der Waals surface area contributed by atoms with Gasteiger partial charge >= 0.3 is 12.1 Å². The van der Waals surface area contributed by atoms with E-state index in [1.54, 1.807) is 41.3 Å². The van der Waals surface area contributed by atoms with Gasteiger partial charge in [-0.1, -0.05) is 48.5 Å². The van der Waals surface area contributed by atoms with E-state index in [4.69, 9.17) is 9.15 Å². The van der Waals surface area contributed by atoms with Crippen molar-refractivity contribution in [3.05, 3.63) is 89.9 Å². The van der Waals surface area contributed by atoms with Crippen LogP contribution in [0, 0.1) is 5.41 Å². The summed E-state index contributed by atoms with van der Waals surface area (Å²) in [5, 5.41) is 0. The minimum absolute atomic E-state index is 0.0537. The van der Waals surface area contributed by atoms with Crippen LogP contribution in [0.15, 0.2) is 77.2 Å². The molecule has 2 aromatic carbocycles. The summed E-state index contributed by atoms with van der Waals surface area (Å²) in [6.07, 6.45) is -5.20. The third-order valence-electron chi connectivity index (χ3n) is 5.87. The molecule has 1 aromatic heterocycles. The average Bonchev–Trinajstić information content (AvgIpc) is 3.50. The summed E-state index contributed by atoms with van der Waals surface area (Å²) in [5.41, 5.74) is 2.20. The number of furan rings is 1. The first-order chi connectivity index (χ1) is 16.8. The maximum absolute atomic E-state index is 14.0. The number of rotatable bonds is 7. The fourth-order valence-electron chi connectivity index (χ4n) is 3.95. The fourth-order valence-corrected chi connectivity index (χ4v) is 3.95. The van der Waals surface area contributed by atoms with Gasteiger partial charge in [0.15, 0.2) is 11.2 Å². The lowest BCUT2D eigenvalue weighted by Crippen LogP contribution is -2.56. The molecule has 0 saturated carbocycles. The van der Waals surface area contributed by atoms with Crippen molar-refractivity contribution < 1.29 is 31.9 Å². The Kier molecular flexibility index (Phi) is 7.11. The Bertz CT molecular complexity index is 1150. The third kappa shape index (κ3) is 5.65. The number of alkyl halides is 3. The number of ether oxygens (including phenoxy) is 1. The van der Waals surface area contributed by atoms with Gasteiger partial charge < -0.3 is 9.15 Å². The molecule has 0 aliphatic carbocycles. The van der Waals surface area contributed by atoms with Crippen LogP contribution in [0.4, 0.5) is 13.2 Å². The van der Waals surface area contributed by atoms with Gasteiger partial charge in [0.05, 0.1) is 0 Å². The molecule has 0 radical (unpaired) electrons. The Morgan fingerprint density at radius 1 is 0.971 bits per heavy atom. The summed E-state index contributed by atoms with van der Waals surface area (Å²) in [4.78, 5) is 26.6. The standard InChI is InChI=1S/C25H24F3N3O4/c26-25(27,28)24(13-14-31(17-24)15-18-7-3-1-4-8-18)23(33)30-29-22(32)21-12-11-20(35-21)16-34-19-9-5-2-6-10-19/h1-12H,13-17H2,(H,29,32)(H,30,33). The van der Waals surface area contributed by atoms with E-state index >= 15 is 0 Å². The number of carbonyl (C=O) groups excluding carboxylic acids is 2. The van der Waals surface area contributed by atoms with Crippen molar-refractivity contribution in [3.8, 4) is 5.75 Å². The normalized spacial score (nSPS) is 18.3. The van der Waals surface area contributed by atoms with E-state index in [0.717, 1.165) is 5.56 Å². The SMILES string of the molecule is O=C(NNC(=O)C1(C(F)(F)F)CCN(Cc2ccccc2)C1)c1ccc(COc2ccccc2)o1. The molecule has 2 N–H and O–H groups in total. The Balaban J connectivity index is 1.34. The van der Waals surface area contributed by atoms with Gasteiger partial charge in [-0.25, -0.2) is 0 Å². The first kappa shape index (κ1) is 24.3. The highest BCUT2D eigenvalue weighted by atomic mass is 19.4. The van der Waals surface area contributed by atoms with E-state index in [0.29, 0.717) is 18.1 Å². The summed E-state index contributed by atoms with van der Waals surface area (Å²) in [6, 6.07) is 20.9. The first-order valence-corrected chi connectivity index (χ1v) is 11.0. The molecule has 4 rings (SSSR count). The van der Waals surface area contributed by atoms with Crippen molar-refractivity contribution in [2.45, 2.75) is 25.7 Å². The Labute approximate surface area is 199 Å². The van der Waals surface area contributed by atoms with Crippen molar-refractivity contribution in [2.75, 3.05) is 13.1 Å². The summed E-state index contributed by atoms with van der Waals surface area (Å²) in [5.74, 6) is -1.41. The molecule has 10 heteroatoms. The Morgan fingerprint density at radius 2 is 1.66 bits per heavy atom. The van der Waals surface area contributed by atoms with Gasteiger partial charge in [0, 0.05) is 13.1 Å². The van der Waals surface area contributed by atoms with Crippen LogP contribution in [0.25, 0.3) is 0 Å². The maximum Gasteiger partial charge on any atom is 0.404 e. The quantitative estimate of drug-likeness (QED) is 0.491. The van der Waals surface area contributed by atoms with E-state index in [2.05, 4.69) is 0 Å². The van der Waals surface area contributed by atoms with Gasteiger partial charge in [-0.3, -0.25) is 25.3 Å². The molecule has 3 aromatic rings. The number of hydrogen-bond acceptors (Lipinski definition) is 5. The second-order valence-electron chi connectivity index (χ2n) is 8.30. The van der Waals surface area contributed by atoms with Gasteiger partial charge in [-0.2, -0.15) is 13.2 Å². The van der Waals surface area contributed by atoms with E-state index in [1.165, 1.54) is 12.1 Å². The second kappa shape index (κ2) is 10.2. The van der Waals surface area contributed by atoms with E-state index in [1.807, 2.05) is 35.1 Å². The Morgan fingerprint density at radius 3 is 2.34 bits per heavy atom. The number of likely N-dealkylation sites (tertiary alicyclic amines) is 1. The van der Waals surface area contributed by atoms with Gasteiger partial charge in [0.25, 0.3) is 5.91 Å². The average molecular weight is 487 g/mol. The summed E-state index contributed by atoms with van der Waals surface area (Å²) < 4.78 is 53.0. The Hall–Kier alpha value is -3.79. The van der Waals surface area contributed by atoms with Crippen LogP contribution in [0.3, 0.4) is 0 Å². The number of amides is 2. The molecule has 1 fully saturated rings. The molecule has 0 bridgehead atoms. The zero-order valence-corrected chi connectivity index (χ0v) is 18.7. The first-order valence-electron chi connectivity index (χ1n) is 11.0. The van der Waals surface area contributed by atoms with Crippen LogP contribution in [-0.2, 0) is 17.9 Å². The third-order valence-corrected chi connectivity index (χ3v) is 5.87. The van der Waals surface area contributed by atoms with Crippen molar-refractivity contribution >= 4 is 11.8 Å². The second-order valence-corrected chi connectivity index (χ2v) is 8.30. The molecule has 1 atom stereocenters. The molecule has 1 saturated heterocycles. The summed E-state index contributed by atoms with van der Waals surface area (Å²) in [7, 11) is 0. The lowest BCUT2D eigenvalue weighted by atomic mass is 9.85. The molecule has 184 valence electrons. The summed E-state index contributed by atoms with van der Waals surface area (Å²) in [6.45, 7) is -0.0653. The van der Waals surface area contributed by atoms with Crippen LogP contribution in [0.5, 0.6) is 5.75 Å². The van der Waals surface area contributed by atoms with E-state index in [-0.39, 0.29) is 18.9 Å². The minimum Gasteiger partial charge on any atom is -0.486 e. The molecular weight excluding hydrogens is 463 g/mol. The topological polar surface area (TPSA) is 83.8 Å². The largest absolute Gasteiger partial charge is 0.486 e. The molecule has 1 unspecified atom stereocenters. The zero-order chi connectivity index (χ0) is 24.9. The summed E-state index contributed by atoms with van der Waals surface area (Å²) >= 11 is 0. The lowest BCUT2D eigenvalue weighted by molar-refractivity contribution is -0.218. The maximum atomic E-state index is 14.0. The number of nitrogens with zero attached hydrogens (tertiary/aromatic N) is 1. The number of benzene rings is 2. The number of para-hydroxylation sites is 1. The van der Waals surface area contributed by atoms with Gasteiger partial charge in [-0.05, 0) is 42.8 Å². The molecule has 0 spiro atoms. The van der Waals surface area contributed by atoms with E-state index in [9.17, 15) is 22.8 Å². The predicted octanol–water partition coefficient (Wildman–Crippen LogP) is 4.07. The molecular formula is C25H24F3N3O4. The number of halogens is 3. The van der Waals surface area contributed by atoms with Gasteiger partial charge in [-0.15, -0.1) is 0 Å². The zero-order valence-electron chi connectivity index (χ0n) is 18.7. The molecule has 35 heavy (non-hydrogen) atoms.